The summed E-state index contributed by atoms with van der Waals surface area (Å²) < 4.78 is 10.6. The Morgan fingerprint density at radius 2 is 2.08 bits per heavy atom. The average Bonchev–Trinajstić information content (AvgIpc) is 3.12. The lowest BCUT2D eigenvalue weighted by atomic mass is 10.1. The minimum absolute atomic E-state index is 0.0450. The number of ether oxygens (including phenoxy) is 1. The molecule has 3 rings (SSSR count). The van der Waals surface area contributed by atoms with E-state index >= 15 is 0 Å². The van der Waals surface area contributed by atoms with Gasteiger partial charge in [-0.2, -0.15) is 4.98 Å². The van der Waals surface area contributed by atoms with E-state index in [0.717, 1.165) is 0 Å². The summed E-state index contributed by atoms with van der Waals surface area (Å²) in [4.78, 5) is 15.2. The number of hydrogen-bond acceptors (Lipinski definition) is 7. The molecule has 0 atom stereocenters. The maximum absolute atomic E-state index is 11.3. The van der Waals surface area contributed by atoms with Gasteiger partial charge in [-0.1, -0.05) is 17.3 Å². The highest BCUT2D eigenvalue weighted by Crippen LogP contribution is 2.32. The van der Waals surface area contributed by atoms with E-state index in [1.165, 1.54) is 6.07 Å². The fourth-order valence-electron chi connectivity index (χ4n) is 2.44. The van der Waals surface area contributed by atoms with Crippen LogP contribution in [-0.4, -0.2) is 28.7 Å². The zero-order chi connectivity index (χ0) is 17.8. The van der Waals surface area contributed by atoms with Crippen LogP contribution in [0.3, 0.4) is 0 Å². The van der Waals surface area contributed by atoms with Gasteiger partial charge in [0.25, 0.3) is 11.6 Å². The van der Waals surface area contributed by atoms with Crippen LogP contribution in [0.5, 0.6) is 5.75 Å². The number of hydrogen-bond donors (Lipinski definition) is 1. The van der Waals surface area contributed by atoms with E-state index in [1.54, 1.807) is 25.3 Å². The summed E-state index contributed by atoms with van der Waals surface area (Å²) in [5.74, 6) is 1.17. The molecule has 3 aromatic rings. The van der Waals surface area contributed by atoms with E-state index in [-0.39, 0.29) is 11.6 Å². The van der Waals surface area contributed by atoms with Crippen LogP contribution in [-0.2, 0) is 0 Å². The maximum atomic E-state index is 11.3. The van der Waals surface area contributed by atoms with Crippen molar-refractivity contribution in [1.82, 2.24) is 10.1 Å². The van der Waals surface area contributed by atoms with Gasteiger partial charge in [0.2, 0.25) is 5.82 Å². The number of nitrogens with zero attached hydrogens (tertiary/aromatic N) is 3. The number of nitro groups is 1. The van der Waals surface area contributed by atoms with Crippen LogP contribution in [0.2, 0.25) is 0 Å². The number of nitro benzene ring substituents is 1. The smallest absolute Gasteiger partial charge is 0.293 e. The van der Waals surface area contributed by atoms with Gasteiger partial charge in [-0.3, -0.25) is 10.1 Å². The van der Waals surface area contributed by atoms with Crippen molar-refractivity contribution < 1.29 is 14.2 Å². The minimum atomic E-state index is -0.445. The molecular formula is C17H16N4O4. The van der Waals surface area contributed by atoms with Crippen LogP contribution in [0, 0.1) is 10.1 Å². The summed E-state index contributed by atoms with van der Waals surface area (Å²) in [6, 6.07) is 12.0. The fourth-order valence-corrected chi connectivity index (χ4v) is 2.44. The lowest BCUT2D eigenvalue weighted by Crippen LogP contribution is -2.01. The first-order chi connectivity index (χ1) is 12.1. The molecule has 1 heterocycles. The third-order valence-corrected chi connectivity index (χ3v) is 3.58. The van der Waals surface area contributed by atoms with E-state index in [1.807, 2.05) is 25.1 Å². The molecule has 0 saturated carbocycles. The van der Waals surface area contributed by atoms with Crippen molar-refractivity contribution in [3.8, 4) is 28.6 Å². The van der Waals surface area contributed by atoms with Crippen LogP contribution in [0.15, 0.2) is 47.0 Å². The summed E-state index contributed by atoms with van der Waals surface area (Å²) in [5.41, 5.74) is 1.55. The van der Waals surface area contributed by atoms with Gasteiger partial charge in [-0.25, -0.2) is 0 Å². The van der Waals surface area contributed by atoms with Gasteiger partial charge in [-0.05, 0) is 31.2 Å². The van der Waals surface area contributed by atoms with Gasteiger partial charge in [0.05, 0.1) is 17.6 Å². The second-order valence-electron chi connectivity index (χ2n) is 5.14. The first-order valence-corrected chi connectivity index (χ1v) is 7.63. The second-order valence-corrected chi connectivity index (χ2v) is 5.14. The molecule has 0 radical (unpaired) electrons. The van der Waals surface area contributed by atoms with Gasteiger partial charge < -0.3 is 14.6 Å². The van der Waals surface area contributed by atoms with Gasteiger partial charge in [0.1, 0.15) is 11.4 Å². The zero-order valence-corrected chi connectivity index (χ0v) is 13.7. The normalized spacial score (nSPS) is 10.5. The predicted octanol–water partition coefficient (Wildman–Crippen LogP) is 3.75. The van der Waals surface area contributed by atoms with E-state index < -0.39 is 4.92 Å². The molecule has 0 fully saturated rings. The van der Waals surface area contributed by atoms with Crippen LogP contribution < -0.4 is 10.1 Å². The number of rotatable bonds is 6. The van der Waals surface area contributed by atoms with Gasteiger partial charge in [0, 0.05) is 18.2 Å². The van der Waals surface area contributed by atoms with Crippen molar-refractivity contribution >= 4 is 11.4 Å². The summed E-state index contributed by atoms with van der Waals surface area (Å²) in [7, 11) is 1.56. The molecule has 0 unspecified atom stereocenters. The maximum Gasteiger partial charge on any atom is 0.293 e. The molecule has 1 aromatic heterocycles. The highest BCUT2D eigenvalue weighted by atomic mass is 16.6. The fraction of sp³-hybridized carbons (Fsp3) is 0.176. The lowest BCUT2D eigenvalue weighted by molar-refractivity contribution is -0.383. The Morgan fingerprint density at radius 1 is 1.28 bits per heavy atom. The standard InChI is InChI=1S/C17H16N4O4/c1-3-18-13-9-8-11(10-14(13)21(22)23)17-19-16(20-25-17)12-6-4-5-7-15(12)24-2/h4-10,18H,3H2,1-2H3. The number of methoxy groups -OCH3 is 1. The Morgan fingerprint density at radius 3 is 2.80 bits per heavy atom. The SMILES string of the molecule is CCNc1ccc(-c2nc(-c3ccccc3OC)no2)cc1[N+](=O)[O-]. The van der Waals surface area contributed by atoms with Crippen molar-refractivity contribution in [2.75, 3.05) is 19.0 Å². The van der Waals surface area contributed by atoms with E-state index in [9.17, 15) is 10.1 Å². The summed E-state index contributed by atoms with van der Waals surface area (Å²) in [6.07, 6.45) is 0. The van der Waals surface area contributed by atoms with E-state index in [0.29, 0.717) is 34.9 Å². The van der Waals surface area contributed by atoms with Crippen LogP contribution in [0.4, 0.5) is 11.4 Å². The van der Waals surface area contributed by atoms with Crippen LogP contribution in [0.25, 0.3) is 22.8 Å². The quantitative estimate of drug-likeness (QED) is 0.538. The Labute approximate surface area is 143 Å². The summed E-state index contributed by atoms with van der Waals surface area (Å²) in [6.45, 7) is 2.45. The number of aromatic nitrogens is 2. The minimum Gasteiger partial charge on any atom is -0.496 e. The highest BCUT2D eigenvalue weighted by Gasteiger charge is 2.19. The molecule has 0 aliphatic heterocycles. The molecule has 128 valence electrons. The van der Waals surface area contributed by atoms with Crippen molar-refractivity contribution in [2.24, 2.45) is 0 Å². The van der Waals surface area contributed by atoms with Crippen molar-refractivity contribution in [1.29, 1.82) is 0 Å². The molecule has 1 N–H and O–H groups in total. The van der Waals surface area contributed by atoms with E-state index in [2.05, 4.69) is 15.5 Å². The summed E-state index contributed by atoms with van der Waals surface area (Å²) >= 11 is 0. The van der Waals surface area contributed by atoms with E-state index in [4.69, 9.17) is 9.26 Å². The molecule has 0 spiro atoms. The average molecular weight is 340 g/mol. The second kappa shape index (κ2) is 7.00. The predicted molar refractivity (Wildman–Crippen MR) is 92.5 cm³/mol. The summed E-state index contributed by atoms with van der Waals surface area (Å²) in [5, 5.41) is 18.2. The lowest BCUT2D eigenvalue weighted by Gasteiger charge is -2.05. The largest absolute Gasteiger partial charge is 0.496 e. The van der Waals surface area contributed by atoms with Crippen LogP contribution >= 0.6 is 0 Å². The molecule has 0 amide bonds. The number of anilines is 1. The Bertz CT molecular complexity index is 907. The first kappa shape index (κ1) is 16.4. The number of nitrogens with one attached hydrogen (secondary N) is 1. The molecule has 0 aliphatic rings. The van der Waals surface area contributed by atoms with Crippen molar-refractivity contribution in [3.63, 3.8) is 0 Å². The van der Waals surface area contributed by atoms with Crippen molar-refractivity contribution in [3.05, 3.63) is 52.6 Å². The van der Waals surface area contributed by atoms with Crippen LogP contribution in [0.1, 0.15) is 6.92 Å². The van der Waals surface area contributed by atoms with Gasteiger partial charge in [0.15, 0.2) is 0 Å². The Hall–Kier alpha value is -3.42. The number of benzene rings is 2. The van der Waals surface area contributed by atoms with Crippen molar-refractivity contribution in [2.45, 2.75) is 6.92 Å². The molecule has 2 aromatic carbocycles. The molecule has 0 saturated heterocycles. The molecule has 0 bridgehead atoms. The number of para-hydroxylation sites is 1. The van der Waals surface area contributed by atoms with Gasteiger partial charge >= 0.3 is 0 Å². The molecule has 8 heteroatoms. The Balaban J connectivity index is 2.00. The first-order valence-electron chi connectivity index (χ1n) is 7.63. The van der Waals surface area contributed by atoms with Gasteiger partial charge in [-0.15, -0.1) is 0 Å². The molecular weight excluding hydrogens is 324 g/mol. The third-order valence-electron chi connectivity index (χ3n) is 3.58. The molecule has 0 aliphatic carbocycles. The molecule has 25 heavy (non-hydrogen) atoms. The topological polar surface area (TPSA) is 103 Å². The monoisotopic (exact) mass is 340 g/mol. The highest BCUT2D eigenvalue weighted by molar-refractivity contribution is 5.71. The Kier molecular flexibility index (Phi) is 4.60. The molecule has 8 nitrogen and oxygen atoms in total. The third kappa shape index (κ3) is 3.27. The zero-order valence-electron chi connectivity index (χ0n) is 13.7.